The molecule has 2 saturated heterocycles. The number of hydrogen-bond acceptors (Lipinski definition) is 10. The summed E-state index contributed by atoms with van der Waals surface area (Å²) in [6.45, 7) is -0.659. The average Bonchev–Trinajstić information content (AvgIpc) is 2.56. The Morgan fingerprint density at radius 2 is 1.42 bits per heavy atom. The molecule has 2 fully saturated rings. The molecule has 0 saturated carbocycles. The second-order valence-electron chi connectivity index (χ2n) is 6.17. The van der Waals surface area contributed by atoms with E-state index in [1.807, 2.05) is 0 Å². The summed E-state index contributed by atoms with van der Waals surface area (Å²) in [5.74, 6) is 0. The molecule has 11 heteroatoms. The lowest BCUT2D eigenvalue weighted by molar-refractivity contribution is -0.265. The summed E-state index contributed by atoms with van der Waals surface area (Å²) < 4.78 is 24.5. The Bertz CT molecular complexity index is 417. The summed E-state index contributed by atoms with van der Waals surface area (Å²) >= 11 is 0. The molecule has 2 rings (SSSR count). The van der Waals surface area contributed by atoms with Crippen molar-refractivity contribution in [2.24, 2.45) is 5.73 Å². The number of alkyl halides is 1. The first kappa shape index (κ1) is 19.8. The first-order valence-electron chi connectivity index (χ1n) is 7.58. The topological polar surface area (TPSA) is 186 Å². The first-order chi connectivity index (χ1) is 11.2. The van der Waals surface area contributed by atoms with Gasteiger partial charge in [0.2, 0.25) is 0 Å². The Labute approximate surface area is 136 Å². The maximum Gasteiger partial charge on any atom is 0.173 e. The Morgan fingerprint density at radius 1 is 0.833 bits per heavy atom. The minimum atomic E-state index is -2.00. The predicted octanol–water partition coefficient (Wildman–Crippen LogP) is -4.68. The highest BCUT2D eigenvalue weighted by Gasteiger charge is 2.49. The van der Waals surface area contributed by atoms with E-state index in [1.165, 1.54) is 0 Å². The van der Waals surface area contributed by atoms with Gasteiger partial charge in [-0.05, 0) is 0 Å². The maximum absolute atomic E-state index is 14.5. The molecule has 24 heavy (non-hydrogen) atoms. The van der Waals surface area contributed by atoms with Crippen molar-refractivity contribution >= 4 is 0 Å². The fraction of sp³-hybridized carbons (Fsp3) is 1.00. The number of hydrogen-bond donors (Lipinski definition) is 8. The highest BCUT2D eigenvalue weighted by Crippen LogP contribution is 2.29. The summed E-state index contributed by atoms with van der Waals surface area (Å²) in [4.78, 5) is 0. The summed E-state index contributed by atoms with van der Waals surface area (Å²) in [5, 5.41) is 67.4. The van der Waals surface area contributed by atoms with Gasteiger partial charge in [-0.25, -0.2) is 4.39 Å². The van der Waals surface area contributed by atoms with Crippen LogP contribution in [0.15, 0.2) is 0 Å². The third-order valence-corrected chi connectivity index (χ3v) is 4.51. The summed E-state index contributed by atoms with van der Waals surface area (Å²) in [6.07, 6.45) is -16.6. The van der Waals surface area contributed by atoms with Crippen LogP contribution in [0.25, 0.3) is 0 Å². The number of halogens is 1. The standard InChI is InChI=1S/C13H24FNO9/c14-3(12-11(21)9(19)6(15)13(22)24-12)1-4-7(17)10(20)8(18)5(2-16)23-4/h3-13,16-22H,1-2,15H2/t3-,4+,5+,6+,7-,8-,9+,10+,11-,12+,13+/m0/s1. The predicted molar refractivity (Wildman–Crippen MR) is 74.1 cm³/mol. The zero-order valence-corrected chi connectivity index (χ0v) is 12.7. The number of ether oxygens (including phenoxy) is 2. The SMILES string of the molecule is N[C@@H]1[C@@H](O)[C@H](O)[C@@H]([C@@H](F)C[C@H]2O[C@H](CO)[C@H](O)[C@H](O)[C@H]2O)O[C@H]1O. The molecule has 2 aliphatic heterocycles. The van der Waals surface area contributed by atoms with Crippen molar-refractivity contribution in [3.05, 3.63) is 0 Å². The van der Waals surface area contributed by atoms with Crippen LogP contribution < -0.4 is 5.73 Å². The third kappa shape index (κ3) is 3.70. The van der Waals surface area contributed by atoms with Gasteiger partial charge in [0.15, 0.2) is 6.29 Å². The van der Waals surface area contributed by atoms with E-state index in [-0.39, 0.29) is 0 Å². The quantitative estimate of drug-likeness (QED) is 0.243. The Balaban J connectivity index is 2.04. The molecule has 2 aliphatic rings. The van der Waals surface area contributed by atoms with E-state index in [9.17, 15) is 35.0 Å². The molecular formula is C13H24FNO9. The van der Waals surface area contributed by atoms with Crippen LogP contribution in [0.3, 0.4) is 0 Å². The Morgan fingerprint density at radius 3 is 2.00 bits per heavy atom. The van der Waals surface area contributed by atoms with Gasteiger partial charge in [-0.2, -0.15) is 0 Å². The van der Waals surface area contributed by atoms with Gasteiger partial charge in [-0.1, -0.05) is 0 Å². The van der Waals surface area contributed by atoms with Crippen LogP contribution in [0.2, 0.25) is 0 Å². The van der Waals surface area contributed by atoms with Gasteiger partial charge in [0, 0.05) is 6.42 Å². The molecule has 0 aromatic rings. The summed E-state index contributed by atoms with van der Waals surface area (Å²) in [5.41, 5.74) is 5.39. The lowest BCUT2D eigenvalue weighted by Crippen LogP contribution is -2.64. The van der Waals surface area contributed by atoms with Crippen LogP contribution in [0, 0.1) is 0 Å². The van der Waals surface area contributed by atoms with E-state index in [4.69, 9.17) is 20.3 Å². The highest BCUT2D eigenvalue weighted by molar-refractivity contribution is 4.97. The van der Waals surface area contributed by atoms with Crippen molar-refractivity contribution < 1.29 is 49.6 Å². The van der Waals surface area contributed by atoms with Gasteiger partial charge in [0.1, 0.15) is 48.9 Å². The van der Waals surface area contributed by atoms with Gasteiger partial charge in [0.25, 0.3) is 0 Å². The van der Waals surface area contributed by atoms with Gasteiger partial charge in [-0.15, -0.1) is 0 Å². The number of nitrogens with two attached hydrogens (primary N) is 1. The van der Waals surface area contributed by atoms with E-state index in [1.54, 1.807) is 0 Å². The van der Waals surface area contributed by atoms with Crippen molar-refractivity contribution in [1.29, 1.82) is 0 Å². The molecule has 0 unspecified atom stereocenters. The number of aliphatic hydroxyl groups is 7. The molecular weight excluding hydrogens is 333 g/mol. The average molecular weight is 357 g/mol. The highest BCUT2D eigenvalue weighted by atomic mass is 19.1. The van der Waals surface area contributed by atoms with Crippen molar-refractivity contribution in [3.8, 4) is 0 Å². The smallest absolute Gasteiger partial charge is 0.173 e. The number of rotatable bonds is 4. The minimum absolute atomic E-state index is 0.585. The van der Waals surface area contributed by atoms with Crippen LogP contribution in [0.5, 0.6) is 0 Å². The molecule has 0 aliphatic carbocycles. The first-order valence-corrected chi connectivity index (χ1v) is 7.58. The van der Waals surface area contributed by atoms with Crippen molar-refractivity contribution in [1.82, 2.24) is 0 Å². The molecule has 9 N–H and O–H groups in total. The second-order valence-corrected chi connectivity index (χ2v) is 6.17. The molecule has 11 atom stereocenters. The van der Waals surface area contributed by atoms with Gasteiger partial charge in [-0.3, -0.25) is 0 Å². The summed E-state index contributed by atoms with van der Waals surface area (Å²) in [7, 11) is 0. The molecule has 0 bridgehead atoms. The van der Waals surface area contributed by atoms with E-state index < -0.39 is 80.4 Å². The minimum Gasteiger partial charge on any atom is -0.394 e. The second kappa shape index (κ2) is 7.83. The Kier molecular flexibility index (Phi) is 6.47. The molecule has 10 nitrogen and oxygen atoms in total. The zero-order chi connectivity index (χ0) is 18.2. The lowest BCUT2D eigenvalue weighted by atomic mass is 9.88. The van der Waals surface area contributed by atoms with E-state index in [0.717, 1.165) is 0 Å². The van der Waals surface area contributed by atoms with E-state index in [0.29, 0.717) is 0 Å². The lowest BCUT2D eigenvalue weighted by Gasteiger charge is -2.43. The molecule has 0 spiro atoms. The largest absolute Gasteiger partial charge is 0.394 e. The monoisotopic (exact) mass is 357 g/mol. The van der Waals surface area contributed by atoms with Gasteiger partial charge >= 0.3 is 0 Å². The fourth-order valence-electron chi connectivity index (χ4n) is 2.95. The molecule has 0 aromatic carbocycles. The van der Waals surface area contributed by atoms with Crippen LogP contribution in [-0.4, -0.2) is 110 Å². The Hall–Kier alpha value is -0.470. The molecule has 0 aromatic heterocycles. The van der Waals surface area contributed by atoms with Crippen molar-refractivity contribution in [2.75, 3.05) is 6.61 Å². The zero-order valence-electron chi connectivity index (χ0n) is 12.7. The van der Waals surface area contributed by atoms with Crippen LogP contribution in [0.4, 0.5) is 4.39 Å². The normalized spacial score (nSPS) is 51.4. The van der Waals surface area contributed by atoms with E-state index in [2.05, 4.69) is 0 Å². The summed E-state index contributed by atoms with van der Waals surface area (Å²) in [6, 6.07) is -1.31. The fourth-order valence-corrected chi connectivity index (χ4v) is 2.95. The third-order valence-electron chi connectivity index (χ3n) is 4.51. The van der Waals surface area contributed by atoms with Crippen LogP contribution in [0.1, 0.15) is 6.42 Å². The van der Waals surface area contributed by atoms with Crippen LogP contribution in [-0.2, 0) is 9.47 Å². The molecule has 0 amide bonds. The van der Waals surface area contributed by atoms with Crippen molar-refractivity contribution in [2.45, 2.75) is 73.8 Å². The number of aliphatic hydroxyl groups excluding tert-OH is 7. The van der Waals surface area contributed by atoms with Gasteiger partial charge < -0.3 is 51.0 Å². The van der Waals surface area contributed by atoms with Crippen LogP contribution >= 0.6 is 0 Å². The van der Waals surface area contributed by atoms with Crippen molar-refractivity contribution in [3.63, 3.8) is 0 Å². The molecule has 142 valence electrons. The molecule has 2 heterocycles. The van der Waals surface area contributed by atoms with Gasteiger partial charge in [0.05, 0.1) is 18.8 Å². The van der Waals surface area contributed by atoms with E-state index >= 15 is 0 Å². The molecule has 0 radical (unpaired) electrons. The maximum atomic E-state index is 14.5.